The molecule has 0 aromatic heterocycles. The Labute approximate surface area is 127 Å². The Balaban J connectivity index is 2.30. The summed E-state index contributed by atoms with van der Waals surface area (Å²) in [5.74, 6) is -1.30. The van der Waals surface area contributed by atoms with Gasteiger partial charge < -0.3 is 5.73 Å². The van der Waals surface area contributed by atoms with Crippen LogP contribution in [-0.2, 0) is 12.6 Å². The van der Waals surface area contributed by atoms with Gasteiger partial charge in [0, 0.05) is 16.1 Å². The Bertz CT molecular complexity index is 640. The van der Waals surface area contributed by atoms with E-state index >= 15 is 0 Å². The summed E-state index contributed by atoms with van der Waals surface area (Å²) < 4.78 is 52.9. The van der Waals surface area contributed by atoms with Crippen molar-refractivity contribution in [2.24, 2.45) is 5.73 Å². The van der Waals surface area contributed by atoms with Crippen molar-refractivity contribution in [3.63, 3.8) is 0 Å². The molecule has 1 nitrogen and oxygen atoms in total. The van der Waals surface area contributed by atoms with Crippen LogP contribution in [0.1, 0.15) is 22.7 Å². The molecule has 0 aliphatic carbocycles. The molecule has 2 aromatic rings. The van der Waals surface area contributed by atoms with Crippen LogP contribution in [0.2, 0.25) is 0 Å². The minimum atomic E-state index is -4.73. The van der Waals surface area contributed by atoms with Crippen LogP contribution in [0, 0.1) is 5.82 Å². The van der Waals surface area contributed by atoms with Crippen molar-refractivity contribution in [2.75, 3.05) is 0 Å². The third kappa shape index (κ3) is 3.83. The molecular formula is C15H12BrF4N. The SMILES string of the molecule is NC(Cc1cccc(Br)c1)c1cccc(C(F)(F)F)c1F. The lowest BCUT2D eigenvalue weighted by atomic mass is 9.97. The quantitative estimate of drug-likeness (QED) is 0.777. The van der Waals surface area contributed by atoms with Crippen LogP contribution in [0.4, 0.5) is 17.6 Å². The maximum atomic E-state index is 14.0. The van der Waals surface area contributed by atoms with Gasteiger partial charge in [0.25, 0.3) is 0 Å². The van der Waals surface area contributed by atoms with E-state index in [4.69, 9.17) is 5.73 Å². The van der Waals surface area contributed by atoms with Gasteiger partial charge in [0.15, 0.2) is 0 Å². The molecule has 0 aliphatic rings. The second-order valence-electron chi connectivity index (χ2n) is 4.65. The predicted octanol–water partition coefficient (Wildman–Crippen LogP) is 4.85. The van der Waals surface area contributed by atoms with Crippen molar-refractivity contribution in [3.05, 3.63) is 69.4 Å². The van der Waals surface area contributed by atoms with Crippen molar-refractivity contribution in [2.45, 2.75) is 18.6 Å². The van der Waals surface area contributed by atoms with Gasteiger partial charge in [-0.25, -0.2) is 4.39 Å². The first-order valence-electron chi connectivity index (χ1n) is 6.14. The Morgan fingerprint density at radius 2 is 1.76 bits per heavy atom. The number of hydrogen-bond donors (Lipinski definition) is 1. The van der Waals surface area contributed by atoms with Crippen LogP contribution in [0.15, 0.2) is 46.9 Å². The number of benzene rings is 2. The fourth-order valence-electron chi connectivity index (χ4n) is 2.08. The number of hydrogen-bond acceptors (Lipinski definition) is 1. The van der Waals surface area contributed by atoms with E-state index in [0.29, 0.717) is 6.07 Å². The van der Waals surface area contributed by atoms with Crippen molar-refractivity contribution in [1.29, 1.82) is 0 Å². The Kier molecular flexibility index (Phi) is 4.68. The first-order valence-corrected chi connectivity index (χ1v) is 6.94. The highest BCUT2D eigenvalue weighted by Crippen LogP contribution is 2.34. The van der Waals surface area contributed by atoms with Gasteiger partial charge in [0.2, 0.25) is 0 Å². The standard InChI is InChI=1S/C15H12BrF4N/c16-10-4-1-3-9(7-10)8-13(21)11-5-2-6-12(14(11)17)15(18,19)20/h1-7,13H,8,21H2. The van der Waals surface area contributed by atoms with E-state index in [9.17, 15) is 17.6 Å². The van der Waals surface area contributed by atoms with Crippen LogP contribution >= 0.6 is 15.9 Å². The third-order valence-corrected chi connectivity index (χ3v) is 3.57. The molecule has 2 rings (SSSR count). The average molecular weight is 362 g/mol. The van der Waals surface area contributed by atoms with Crippen LogP contribution in [0.3, 0.4) is 0 Å². The van der Waals surface area contributed by atoms with Crippen molar-refractivity contribution >= 4 is 15.9 Å². The molecule has 2 N–H and O–H groups in total. The molecule has 1 unspecified atom stereocenters. The summed E-state index contributed by atoms with van der Waals surface area (Å²) in [4.78, 5) is 0. The molecule has 6 heteroatoms. The van der Waals surface area contributed by atoms with Crippen molar-refractivity contribution in [1.82, 2.24) is 0 Å². The fraction of sp³-hybridized carbons (Fsp3) is 0.200. The van der Waals surface area contributed by atoms with Crippen LogP contribution in [0.5, 0.6) is 0 Å². The summed E-state index contributed by atoms with van der Waals surface area (Å²) in [6.07, 6.45) is -4.48. The lowest BCUT2D eigenvalue weighted by molar-refractivity contribution is -0.140. The highest BCUT2D eigenvalue weighted by molar-refractivity contribution is 9.10. The topological polar surface area (TPSA) is 26.0 Å². The molecule has 0 spiro atoms. The summed E-state index contributed by atoms with van der Waals surface area (Å²) in [5.41, 5.74) is 5.26. The molecular weight excluding hydrogens is 350 g/mol. The van der Waals surface area contributed by atoms with Gasteiger partial charge in [-0.2, -0.15) is 13.2 Å². The fourth-order valence-corrected chi connectivity index (χ4v) is 2.53. The molecule has 0 amide bonds. The molecule has 0 saturated carbocycles. The van der Waals surface area contributed by atoms with Gasteiger partial charge in [-0.3, -0.25) is 0 Å². The minimum Gasteiger partial charge on any atom is -0.324 e. The smallest absolute Gasteiger partial charge is 0.324 e. The van der Waals surface area contributed by atoms with Crippen LogP contribution in [-0.4, -0.2) is 0 Å². The molecule has 112 valence electrons. The highest BCUT2D eigenvalue weighted by Gasteiger charge is 2.35. The summed E-state index contributed by atoms with van der Waals surface area (Å²) in [5, 5.41) is 0. The van der Waals surface area contributed by atoms with Crippen molar-refractivity contribution < 1.29 is 17.6 Å². The summed E-state index contributed by atoms with van der Waals surface area (Å²) in [7, 11) is 0. The normalized spacial score (nSPS) is 13.2. The van der Waals surface area contributed by atoms with Gasteiger partial charge in [-0.15, -0.1) is 0 Å². The lowest BCUT2D eigenvalue weighted by Crippen LogP contribution is -2.18. The monoisotopic (exact) mass is 361 g/mol. The highest BCUT2D eigenvalue weighted by atomic mass is 79.9. The molecule has 0 radical (unpaired) electrons. The largest absolute Gasteiger partial charge is 0.419 e. The lowest BCUT2D eigenvalue weighted by Gasteiger charge is -2.16. The molecule has 0 heterocycles. The molecule has 0 aliphatic heterocycles. The Morgan fingerprint density at radius 3 is 2.38 bits per heavy atom. The van der Waals surface area contributed by atoms with E-state index < -0.39 is 23.6 Å². The van der Waals surface area contributed by atoms with Crippen molar-refractivity contribution in [3.8, 4) is 0 Å². The number of alkyl halides is 3. The zero-order valence-corrected chi connectivity index (χ0v) is 12.4. The second kappa shape index (κ2) is 6.15. The van der Waals surface area contributed by atoms with E-state index in [1.165, 1.54) is 12.1 Å². The zero-order chi connectivity index (χ0) is 15.6. The Morgan fingerprint density at radius 1 is 1.10 bits per heavy atom. The van der Waals surface area contributed by atoms with E-state index in [2.05, 4.69) is 15.9 Å². The van der Waals surface area contributed by atoms with Gasteiger partial charge >= 0.3 is 6.18 Å². The Hall–Kier alpha value is -1.40. The van der Waals surface area contributed by atoms with E-state index in [0.717, 1.165) is 10.0 Å². The van der Waals surface area contributed by atoms with Gasteiger partial charge in [-0.1, -0.05) is 40.2 Å². The average Bonchev–Trinajstić information content (AvgIpc) is 2.37. The molecule has 21 heavy (non-hydrogen) atoms. The van der Waals surface area contributed by atoms with E-state index in [1.807, 2.05) is 6.07 Å². The summed E-state index contributed by atoms with van der Waals surface area (Å²) >= 11 is 3.30. The number of rotatable bonds is 3. The maximum absolute atomic E-state index is 14.0. The molecule has 0 fully saturated rings. The summed E-state index contributed by atoms with van der Waals surface area (Å²) in [6, 6.07) is 9.51. The first-order chi connectivity index (χ1) is 9.79. The second-order valence-corrected chi connectivity index (χ2v) is 5.56. The van der Waals surface area contributed by atoms with E-state index in [1.54, 1.807) is 18.2 Å². The molecule has 1 atom stereocenters. The van der Waals surface area contributed by atoms with Gasteiger partial charge in [-0.05, 0) is 30.2 Å². The maximum Gasteiger partial charge on any atom is 0.419 e. The first kappa shape index (κ1) is 16.0. The molecule has 0 saturated heterocycles. The zero-order valence-electron chi connectivity index (χ0n) is 10.8. The predicted molar refractivity (Wildman–Crippen MR) is 76.2 cm³/mol. The van der Waals surface area contributed by atoms with Crippen LogP contribution in [0.25, 0.3) is 0 Å². The number of nitrogens with two attached hydrogens (primary N) is 1. The molecule has 2 aromatic carbocycles. The summed E-state index contributed by atoms with van der Waals surface area (Å²) in [6.45, 7) is 0. The van der Waals surface area contributed by atoms with Gasteiger partial charge in [0.1, 0.15) is 5.82 Å². The van der Waals surface area contributed by atoms with Crippen LogP contribution < -0.4 is 5.73 Å². The van der Waals surface area contributed by atoms with E-state index in [-0.39, 0.29) is 12.0 Å². The number of halogens is 5. The third-order valence-electron chi connectivity index (χ3n) is 3.08. The minimum absolute atomic E-state index is 0.134. The van der Waals surface area contributed by atoms with Gasteiger partial charge in [0.05, 0.1) is 5.56 Å². The molecule has 0 bridgehead atoms.